The molecule has 0 radical (unpaired) electrons. The second kappa shape index (κ2) is 6.89. The van der Waals surface area contributed by atoms with Crippen LogP contribution >= 0.6 is 0 Å². The van der Waals surface area contributed by atoms with Crippen LogP contribution in [-0.4, -0.2) is 32.3 Å². The van der Waals surface area contributed by atoms with Gasteiger partial charge >= 0.3 is 5.97 Å². The average Bonchev–Trinajstić information content (AvgIpc) is 3.43. The van der Waals surface area contributed by atoms with E-state index in [0.29, 0.717) is 11.7 Å². The Labute approximate surface area is 156 Å². The van der Waals surface area contributed by atoms with Crippen molar-refractivity contribution in [3.05, 3.63) is 59.4 Å². The number of anilines is 2. The SMILES string of the molecule is Cn1ccc2cc(Nc3ncc(C4CC4)cc3C(=O)O)cc(/C=C/CO)c21. The molecule has 6 nitrogen and oxygen atoms in total. The zero-order chi connectivity index (χ0) is 19.0. The Morgan fingerprint density at radius 2 is 2.19 bits per heavy atom. The Morgan fingerprint density at radius 1 is 1.37 bits per heavy atom. The summed E-state index contributed by atoms with van der Waals surface area (Å²) < 4.78 is 2.02. The number of aliphatic hydroxyl groups is 1. The molecule has 1 saturated carbocycles. The van der Waals surface area contributed by atoms with Crippen LogP contribution in [0.25, 0.3) is 17.0 Å². The first-order valence-electron chi connectivity index (χ1n) is 8.93. The zero-order valence-corrected chi connectivity index (χ0v) is 15.0. The van der Waals surface area contributed by atoms with Crippen LogP contribution < -0.4 is 5.32 Å². The van der Waals surface area contributed by atoms with Crippen LogP contribution in [0.2, 0.25) is 0 Å². The van der Waals surface area contributed by atoms with Gasteiger partial charge in [0.2, 0.25) is 0 Å². The maximum Gasteiger partial charge on any atom is 0.339 e. The van der Waals surface area contributed by atoms with Gasteiger partial charge in [0.15, 0.2) is 0 Å². The number of rotatable bonds is 6. The van der Waals surface area contributed by atoms with E-state index in [1.807, 2.05) is 42.1 Å². The Kier molecular flexibility index (Phi) is 4.41. The average molecular weight is 363 g/mol. The summed E-state index contributed by atoms with van der Waals surface area (Å²) in [6.45, 7) is -0.0447. The van der Waals surface area contributed by atoms with E-state index in [4.69, 9.17) is 5.11 Å². The molecule has 1 aliphatic rings. The molecule has 0 amide bonds. The van der Waals surface area contributed by atoms with Gasteiger partial charge in [0.1, 0.15) is 11.4 Å². The van der Waals surface area contributed by atoms with Crippen molar-refractivity contribution in [2.75, 3.05) is 11.9 Å². The first-order valence-corrected chi connectivity index (χ1v) is 8.93. The minimum absolute atomic E-state index is 0.0447. The number of nitrogens with one attached hydrogen (secondary N) is 1. The molecule has 2 heterocycles. The van der Waals surface area contributed by atoms with Crippen LogP contribution in [0.5, 0.6) is 0 Å². The van der Waals surface area contributed by atoms with Gasteiger partial charge in [0.25, 0.3) is 0 Å². The number of hydrogen-bond donors (Lipinski definition) is 3. The lowest BCUT2D eigenvalue weighted by atomic mass is 10.1. The molecular weight excluding hydrogens is 342 g/mol. The summed E-state index contributed by atoms with van der Waals surface area (Å²) in [5, 5.41) is 22.9. The summed E-state index contributed by atoms with van der Waals surface area (Å²) >= 11 is 0. The molecule has 0 saturated heterocycles. The van der Waals surface area contributed by atoms with E-state index >= 15 is 0 Å². The van der Waals surface area contributed by atoms with Gasteiger partial charge in [0.05, 0.1) is 12.1 Å². The number of pyridine rings is 1. The number of aromatic carboxylic acids is 1. The van der Waals surface area contributed by atoms with E-state index in [0.717, 1.165) is 40.6 Å². The number of aryl methyl sites for hydroxylation is 1. The van der Waals surface area contributed by atoms with Crippen molar-refractivity contribution in [3.63, 3.8) is 0 Å². The van der Waals surface area contributed by atoms with Gasteiger partial charge in [-0.1, -0.05) is 12.2 Å². The molecule has 3 aromatic rings. The molecule has 2 aromatic heterocycles. The first-order chi connectivity index (χ1) is 13.1. The second-order valence-electron chi connectivity index (χ2n) is 6.88. The number of carbonyl (C=O) groups is 1. The van der Waals surface area contributed by atoms with Gasteiger partial charge < -0.3 is 20.1 Å². The molecule has 0 bridgehead atoms. The van der Waals surface area contributed by atoms with Crippen molar-refractivity contribution >= 4 is 34.5 Å². The molecule has 0 atom stereocenters. The summed E-state index contributed by atoms with van der Waals surface area (Å²) in [4.78, 5) is 16.1. The van der Waals surface area contributed by atoms with Gasteiger partial charge in [-0.05, 0) is 48.6 Å². The Hall–Kier alpha value is -3.12. The summed E-state index contributed by atoms with van der Waals surface area (Å²) in [6, 6.07) is 7.62. The van der Waals surface area contributed by atoms with Crippen LogP contribution in [-0.2, 0) is 7.05 Å². The molecule has 1 aliphatic carbocycles. The molecule has 1 aromatic carbocycles. The number of benzene rings is 1. The van der Waals surface area contributed by atoms with Crippen molar-refractivity contribution in [3.8, 4) is 0 Å². The van der Waals surface area contributed by atoms with E-state index < -0.39 is 5.97 Å². The fourth-order valence-corrected chi connectivity index (χ4v) is 3.38. The van der Waals surface area contributed by atoms with Crippen molar-refractivity contribution in [1.82, 2.24) is 9.55 Å². The van der Waals surface area contributed by atoms with Crippen molar-refractivity contribution in [2.24, 2.45) is 7.05 Å². The number of fused-ring (bicyclic) bond motifs is 1. The number of aliphatic hydroxyl groups excluding tert-OH is 1. The number of aromatic nitrogens is 2. The van der Waals surface area contributed by atoms with Crippen molar-refractivity contribution < 1.29 is 15.0 Å². The van der Waals surface area contributed by atoms with Gasteiger partial charge in [-0.3, -0.25) is 0 Å². The van der Waals surface area contributed by atoms with E-state index in [-0.39, 0.29) is 12.2 Å². The van der Waals surface area contributed by atoms with Gasteiger partial charge in [-0.15, -0.1) is 0 Å². The smallest absolute Gasteiger partial charge is 0.339 e. The molecule has 4 rings (SSSR count). The molecule has 138 valence electrons. The number of nitrogens with zero attached hydrogens (tertiary/aromatic N) is 2. The third kappa shape index (κ3) is 3.44. The molecule has 3 N–H and O–H groups in total. The van der Waals surface area contributed by atoms with E-state index in [2.05, 4.69) is 10.3 Å². The fraction of sp³-hybridized carbons (Fsp3) is 0.238. The first kappa shape index (κ1) is 17.3. The van der Waals surface area contributed by atoms with E-state index in [1.165, 1.54) is 0 Å². The highest BCUT2D eigenvalue weighted by molar-refractivity contribution is 5.96. The summed E-state index contributed by atoms with van der Waals surface area (Å²) in [6.07, 6.45) is 9.46. The van der Waals surface area contributed by atoms with Crippen LogP contribution in [0.3, 0.4) is 0 Å². The Bertz CT molecular complexity index is 1050. The number of carboxylic acids is 1. The Balaban J connectivity index is 1.75. The quantitative estimate of drug-likeness (QED) is 0.618. The second-order valence-corrected chi connectivity index (χ2v) is 6.88. The predicted molar refractivity (Wildman–Crippen MR) is 105 cm³/mol. The third-order valence-electron chi connectivity index (χ3n) is 4.85. The molecule has 0 aliphatic heterocycles. The molecule has 0 unspecified atom stereocenters. The lowest BCUT2D eigenvalue weighted by Crippen LogP contribution is -2.06. The summed E-state index contributed by atoms with van der Waals surface area (Å²) in [5.41, 5.74) is 3.90. The third-order valence-corrected chi connectivity index (χ3v) is 4.85. The topological polar surface area (TPSA) is 87.4 Å². The molecular formula is C21H21N3O3. The van der Waals surface area contributed by atoms with Gasteiger partial charge in [-0.25, -0.2) is 9.78 Å². The van der Waals surface area contributed by atoms with E-state index in [1.54, 1.807) is 18.3 Å². The van der Waals surface area contributed by atoms with Gasteiger partial charge in [-0.2, -0.15) is 0 Å². The normalized spacial score (nSPS) is 14.1. The number of hydrogen-bond acceptors (Lipinski definition) is 4. The maximum absolute atomic E-state index is 11.7. The van der Waals surface area contributed by atoms with Crippen LogP contribution in [0.15, 0.2) is 42.7 Å². The summed E-state index contributed by atoms with van der Waals surface area (Å²) in [5.74, 6) is -0.214. The monoisotopic (exact) mass is 363 g/mol. The zero-order valence-electron chi connectivity index (χ0n) is 15.0. The largest absolute Gasteiger partial charge is 0.478 e. The summed E-state index contributed by atoms with van der Waals surface area (Å²) in [7, 11) is 1.96. The van der Waals surface area contributed by atoms with Crippen LogP contribution in [0, 0.1) is 0 Å². The van der Waals surface area contributed by atoms with E-state index in [9.17, 15) is 9.90 Å². The highest BCUT2D eigenvalue weighted by atomic mass is 16.4. The highest BCUT2D eigenvalue weighted by Crippen LogP contribution is 2.40. The molecule has 1 fully saturated rings. The minimum Gasteiger partial charge on any atom is -0.478 e. The molecule has 6 heteroatoms. The lowest BCUT2D eigenvalue weighted by Gasteiger charge is -2.12. The Morgan fingerprint density at radius 3 is 2.89 bits per heavy atom. The van der Waals surface area contributed by atoms with Crippen LogP contribution in [0.4, 0.5) is 11.5 Å². The van der Waals surface area contributed by atoms with Crippen molar-refractivity contribution in [2.45, 2.75) is 18.8 Å². The van der Waals surface area contributed by atoms with Crippen molar-refractivity contribution in [1.29, 1.82) is 0 Å². The highest BCUT2D eigenvalue weighted by Gasteiger charge is 2.26. The minimum atomic E-state index is -0.992. The molecule has 27 heavy (non-hydrogen) atoms. The van der Waals surface area contributed by atoms with Crippen LogP contribution in [0.1, 0.15) is 40.2 Å². The lowest BCUT2D eigenvalue weighted by molar-refractivity contribution is 0.0697. The maximum atomic E-state index is 11.7. The standard InChI is InChI=1S/C21H21N3O3/c1-24-7-6-15-10-17(9-14(19(15)24)3-2-8-25)23-20-18(21(26)27)11-16(12-22-20)13-4-5-13/h2-3,6-7,9-13,25H,4-5,8H2,1H3,(H,22,23)(H,26,27)/b3-2+. The molecule has 0 spiro atoms. The number of carboxylic acid groups (broad SMARTS) is 1. The fourth-order valence-electron chi connectivity index (χ4n) is 3.38. The van der Waals surface area contributed by atoms with Gasteiger partial charge in [0, 0.05) is 36.1 Å². The predicted octanol–water partition coefficient (Wildman–Crippen LogP) is 3.90.